The van der Waals surface area contributed by atoms with Gasteiger partial charge in [-0.3, -0.25) is 19.3 Å². The van der Waals surface area contributed by atoms with Crippen molar-refractivity contribution >= 4 is 23.8 Å². The van der Waals surface area contributed by atoms with E-state index in [1.807, 2.05) is 19.9 Å². The van der Waals surface area contributed by atoms with Gasteiger partial charge >= 0.3 is 6.03 Å². The molecule has 2 heterocycles. The van der Waals surface area contributed by atoms with Crippen LogP contribution in [0, 0.1) is 5.92 Å². The van der Waals surface area contributed by atoms with Crippen LogP contribution in [0.4, 0.5) is 4.79 Å². The fourth-order valence-electron chi connectivity index (χ4n) is 4.25. The van der Waals surface area contributed by atoms with Gasteiger partial charge in [-0.2, -0.15) is 0 Å². The zero-order valence-corrected chi connectivity index (χ0v) is 17.9. The summed E-state index contributed by atoms with van der Waals surface area (Å²) in [5.74, 6) is -0.396. The number of urea groups is 1. The molecule has 0 unspecified atom stereocenters. The van der Waals surface area contributed by atoms with E-state index in [-0.39, 0.29) is 36.2 Å². The molecule has 0 radical (unpaired) electrons. The number of likely N-dealkylation sites (tertiary alicyclic amines) is 1. The molecule has 5 amide bonds. The van der Waals surface area contributed by atoms with E-state index in [0.29, 0.717) is 44.6 Å². The van der Waals surface area contributed by atoms with Gasteiger partial charge in [-0.15, -0.1) is 0 Å². The quantitative estimate of drug-likeness (QED) is 0.718. The third kappa shape index (κ3) is 4.04. The molecule has 3 rings (SSSR count). The molecule has 2 saturated heterocycles. The lowest BCUT2D eigenvalue weighted by Crippen LogP contribution is -2.58. The highest BCUT2D eigenvalue weighted by molar-refractivity contribution is 6.07. The van der Waals surface area contributed by atoms with Crippen molar-refractivity contribution in [1.29, 1.82) is 0 Å². The summed E-state index contributed by atoms with van der Waals surface area (Å²) >= 11 is 0. The Balaban J connectivity index is 1.62. The van der Waals surface area contributed by atoms with E-state index in [2.05, 4.69) is 5.32 Å². The Morgan fingerprint density at radius 2 is 1.73 bits per heavy atom. The largest absolute Gasteiger partial charge is 0.343 e. The predicted octanol–water partition coefficient (Wildman–Crippen LogP) is 1.72. The molecule has 2 aliphatic heterocycles. The summed E-state index contributed by atoms with van der Waals surface area (Å²) < 4.78 is 0. The monoisotopic (exact) mass is 414 g/mol. The average molecular weight is 415 g/mol. The molecule has 1 aromatic rings. The Hall–Kier alpha value is -2.90. The standard InChI is InChI=1S/C22H30N4O4/c1-4-25-20(29)22(26(21(25)30)15-16(2)3)10-12-24(13-11-22)18(27)14-23-19(28)17-8-6-5-7-9-17/h5-9,16H,4,10-15H2,1-3H3,(H,23,28). The number of nitrogens with zero attached hydrogens (tertiary/aromatic N) is 3. The van der Waals surface area contributed by atoms with Crippen LogP contribution in [0.1, 0.15) is 44.0 Å². The first-order valence-electron chi connectivity index (χ1n) is 10.5. The Labute approximate surface area is 177 Å². The second-order valence-corrected chi connectivity index (χ2v) is 8.30. The van der Waals surface area contributed by atoms with Crippen molar-refractivity contribution in [3.8, 4) is 0 Å². The van der Waals surface area contributed by atoms with Gasteiger partial charge in [-0.1, -0.05) is 32.0 Å². The van der Waals surface area contributed by atoms with E-state index >= 15 is 0 Å². The number of benzene rings is 1. The molecule has 1 spiro atoms. The maximum absolute atomic E-state index is 13.1. The minimum Gasteiger partial charge on any atom is -0.343 e. The molecule has 0 aromatic heterocycles. The Bertz CT molecular complexity index is 816. The van der Waals surface area contributed by atoms with Crippen molar-refractivity contribution in [2.24, 2.45) is 5.92 Å². The van der Waals surface area contributed by atoms with Crippen LogP contribution < -0.4 is 5.32 Å². The minimum absolute atomic E-state index is 0.0929. The number of piperidine rings is 1. The van der Waals surface area contributed by atoms with Crippen molar-refractivity contribution in [3.05, 3.63) is 35.9 Å². The van der Waals surface area contributed by atoms with Crippen LogP contribution in [0.25, 0.3) is 0 Å². The molecular weight excluding hydrogens is 384 g/mol. The van der Waals surface area contributed by atoms with Gasteiger partial charge in [0.15, 0.2) is 0 Å². The summed E-state index contributed by atoms with van der Waals surface area (Å²) in [7, 11) is 0. The number of rotatable bonds is 6. The Morgan fingerprint density at radius 3 is 2.30 bits per heavy atom. The summed E-state index contributed by atoms with van der Waals surface area (Å²) in [5.41, 5.74) is -0.358. The van der Waals surface area contributed by atoms with Crippen molar-refractivity contribution < 1.29 is 19.2 Å². The zero-order chi connectivity index (χ0) is 21.9. The molecule has 0 saturated carbocycles. The second-order valence-electron chi connectivity index (χ2n) is 8.30. The van der Waals surface area contributed by atoms with Gasteiger partial charge in [0, 0.05) is 31.7 Å². The molecule has 30 heavy (non-hydrogen) atoms. The summed E-state index contributed by atoms with van der Waals surface area (Å²) in [4.78, 5) is 55.3. The van der Waals surface area contributed by atoms with Gasteiger partial charge in [0.05, 0.1) is 6.54 Å². The third-order valence-electron chi connectivity index (χ3n) is 5.87. The molecule has 8 heteroatoms. The summed E-state index contributed by atoms with van der Waals surface area (Å²) in [6.45, 7) is 7.38. The number of imide groups is 1. The number of carbonyl (C=O) groups is 4. The summed E-state index contributed by atoms with van der Waals surface area (Å²) in [5, 5.41) is 2.65. The lowest BCUT2D eigenvalue weighted by molar-refractivity contribution is -0.140. The average Bonchev–Trinajstić information content (AvgIpc) is 2.93. The molecule has 1 aromatic carbocycles. The maximum Gasteiger partial charge on any atom is 0.327 e. The third-order valence-corrected chi connectivity index (χ3v) is 5.87. The molecule has 2 fully saturated rings. The Morgan fingerprint density at radius 1 is 1.10 bits per heavy atom. The summed E-state index contributed by atoms with van der Waals surface area (Å²) in [6.07, 6.45) is 0.832. The number of hydrogen-bond donors (Lipinski definition) is 1. The van der Waals surface area contributed by atoms with Gasteiger partial charge in [0.25, 0.3) is 11.8 Å². The smallest absolute Gasteiger partial charge is 0.327 e. The van der Waals surface area contributed by atoms with Crippen molar-refractivity contribution in [2.75, 3.05) is 32.7 Å². The number of amides is 5. The molecule has 0 bridgehead atoms. The van der Waals surface area contributed by atoms with Crippen LogP contribution in [0.15, 0.2) is 30.3 Å². The molecule has 0 aliphatic carbocycles. The van der Waals surface area contributed by atoms with Gasteiger partial charge in [0.1, 0.15) is 5.54 Å². The van der Waals surface area contributed by atoms with E-state index in [4.69, 9.17) is 0 Å². The van der Waals surface area contributed by atoms with Crippen LogP contribution in [0.2, 0.25) is 0 Å². The van der Waals surface area contributed by atoms with Crippen molar-refractivity contribution in [3.63, 3.8) is 0 Å². The van der Waals surface area contributed by atoms with Crippen LogP contribution in [-0.2, 0) is 9.59 Å². The fourth-order valence-corrected chi connectivity index (χ4v) is 4.25. The number of nitrogens with one attached hydrogen (secondary N) is 1. The van der Waals surface area contributed by atoms with Crippen LogP contribution >= 0.6 is 0 Å². The molecule has 8 nitrogen and oxygen atoms in total. The molecular formula is C22H30N4O4. The number of likely N-dealkylation sites (N-methyl/N-ethyl adjacent to an activating group) is 1. The molecule has 162 valence electrons. The van der Waals surface area contributed by atoms with E-state index in [0.717, 1.165) is 0 Å². The van der Waals surface area contributed by atoms with Gasteiger partial charge in [0.2, 0.25) is 5.91 Å². The highest BCUT2D eigenvalue weighted by Crippen LogP contribution is 2.37. The van der Waals surface area contributed by atoms with E-state index in [1.54, 1.807) is 41.0 Å². The van der Waals surface area contributed by atoms with Crippen molar-refractivity contribution in [2.45, 2.75) is 39.2 Å². The van der Waals surface area contributed by atoms with E-state index in [9.17, 15) is 19.2 Å². The highest BCUT2D eigenvalue weighted by atomic mass is 16.2. The van der Waals surface area contributed by atoms with E-state index in [1.165, 1.54) is 4.90 Å². The molecule has 0 atom stereocenters. The predicted molar refractivity (Wildman–Crippen MR) is 112 cm³/mol. The highest BCUT2D eigenvalue weighted by Gasteiger charge is 2.57. The Kier molecular flexibility index (Phi) is 6.43. The fraction of sp³-hybridized carbons (Fsp3) is 0.545. The van der Waals surface area contributed by atoms with Crippen molar-refractivity contribution in [1.82, 2.24) is 20.0 Å². The topological polar surface area (TPSA) is 90.0 Å². The summed E-state index contributed by atoms with van der Waals surface area (Å²) in [6, 6.07) is 8.51. The number of hydrogen-bond acceptors (Lipinski definition) is 4. The maximum atomic E-state index is 13.1. The molecule has 1 N–H and O–H groups in total. The number of carbonyl (C=O) groups excluding carboxylic acids is 4. The SMILES string of the molecule is CCN1C(=O)N(CC(C)C)C2(CCN(C(=O)CNC(=O)c3ccccc3)CC2)C1=O. The first-order valence-corrected chi connectivity index (χ1v) is 10.5. The van der Waals surface area contributed by atoms with Gasteiger partial charge < -0.3 is 15.1 Å². The molecule has 2 aliphatic rings. The van der Waals surface area contributed by atoms with E-state index < -0.39 is 5.54 Å². The first kappa shape index (κ1) is 21.8. The lowest BCUT2D eigenvalue weighted by Gasteiger charge is -2.42. The zero-order valence-electron chi connectivity index (χ0n) is 17.9. The first-order chi connectivity index (χ1) is 14.3. The van der Waals surface area contributed by atoms with Crippen LogP contribution in [-0.4, -0.2) is 76.7 Å². The second kappa shape index (κ2) is 8.85. The van der Waals surface area contributed by atoms with Gasteiger partial charge in [-0.25, -0.2) is 4.79 Å². The van der Waals surface area contributed by atoms with Crippen LogP contribution in [0.3, 0.4) is 0 Å². The minimum atomic E-state index is -0.860. The van der Waals surface area contributed by atoms with Gasteiger partial charge in [-0.05, 0) is 37.8 Å². The van der Waals surface area contributed by atoms with Crippen LogP contribution in [0.5, 0.6) is 0 Å². The lowest BCUT2D eigenvalue weighted by atomic mass is 9.85. The normalized spacial score (nSPS) is 18.5.